The average molecular weight is 809 g/mol. The van der Waals surface area contributed by atoms with Crippen molar-refractivity contribution < 1.29 is 28.6 Å². The van der Waals surface area contributed by atoms with E-state index in [9.17, 15) is 14.4 Å². The number of allylic oxidation sites excluding steroid dienone is 12. The van der Waals surface area contributed by atoms with Crippen molar-refractivity contribution in [2.24, 2.45) is 0 Å². The molecule has 6 heteroatoms. The number of unbranched alkanes of at least 4 members (excludes halogenated alkanes) is 19. The Hall–Kier alpha value is -3.15. The van der Waals surface area contributed by atoms with Crippen molar-refractivity contribution >= 4 is 17.9 Å². The maximum absolute atomic E-state index is 12.7. The highest BCUT2D eigenvalue weighted by Gasteiger charge is 2.19. The molecule has 0 aliphatic rings. The summed E-state index contributed by atoms with van der Waals surface area (Å²) >= 11 is 0. The molecule has 332 valence electrons. The number of ether oxygens (including phenoxy) is 3. The van der Waals surface area contributed by atoms with Crippen LogP contribution in [0.3, 0.4) is 0 Å². The third-order valence-electron chi connectivity index (χ3n) is 9.99. The van der Waals surface area contributed by atoms with Crippen LogP contribution >= 0.6 is 0 Å². The van der Waals surface area contributed by atoms with Gasteiger partial charge in [0.25, 0.3) is 0 Å². The van der Waals surface area contributed by atoms with E-state index < -0.39 is 6.10 Å². The fraction of sp³-hybridized carbons (Fsp3) is 0.712. The molecule has 0 saturated heterocycles. The van der Waals surface area contributed by atoms with E-state index in [2.05, 4.69) is 81.5 Å². The van der Waals surface area contributed by atoms with E-state index >= 15 is 0 Å². The molecule has 58 heavy (non-hydrogen) atoms. The second-order valence-corrected chi connectivity index (χ2v) is 15.6. The maximum Gasteiger partial charge on any atom is 0.306 e. The molecule has 0 aliphatic heterocycles. The van der Waals surface area contributed by atoms with Crippen LogP contribution in [-0.4, -0.2) is 37.2 Å². The Bertz CT molecular complexity index is 1110. The van der Waals surface area contributed by atoms with Crippen molar-refractivity contribution in [2.75, 3.05) is 13.2 Å². The lowest BCUT2D eigenvalue weighted by molar-refractivity contribution is -0.166. The van der Waals surface area contributed by atoms with Gasteiger partial charge >= 0.3 is 17.9 Å². The van der Waals surface area contributed by atoms with Crippen molar-refractivity contribution in [3.63, 3.8) is 0 Å². The van der Waals surface area contributed by atoms with E-state index in [-0.39, 0.29) is 37.5 Å². The standard InChI is InChI=1S/C52H88O6/c1-4-7-10-13-16-18-20-22-24-25-26-27-29-30-32-34-36-39-42-45-51(54)57-48-49(47-56-50(53)44-41-38-15-12-9-6-3)58-52(55)46-43-40-37-35-33-31-28-23-21-19-17-14-11-8-5-2/h7,10,16,18,22,24,26-27,30,32,36,39,49H,4-6,8-9,11-15,17,19-21,23,25,28-29,31,33-35,37-38,40-48H2,1-3H3/b10-7-,18-16-,24-22-,27-26-,32-30-,39-36-. The Morgan fingerprint density at radius 3 is 1.05 bits per heavy atom. The lowest BCUT2D eigenvalue weighted by atomic mass is 10.0. The van der Waals surface area contributed by atoms with E-state index in [1.165, 1.54) is 96.3 Å². The SMILES string of the molecule is CC/C=C\C/C=C\C/C=C\C/C=C\C/C=C\C/C=C\CCC(=O)OCC(COC(=O)CCCCCCCC)OC(=O)CCCCCCCCCCCCCCCCC. The molecule has 0 rings (SSSR count). The molecule has 0 saturated carbocycles. The van der Waals surface area contributed by atoms with Gasteiger partial charge in [0.15, 0.2) is 6.10 Å². The van der Waals surface area contributed by atoms with Gasteiger partial charge in [-0.25, -0.2) is 0 Å². The molecule has 1 atom stereocenters. The van der Waals surface area contributed by atoms with Gasteiger partial charge in [-0.05, 0) is 57.8 Å². The number of rotatable bonds is 42. The number of carbonyl (C=O) groups excluding carboxylic acids is 3. The monoisotopic (exact) mass is 809 g/mol. The molecule has 0 aromatic rings. The first-order chi connectivity index (χ1) is 28.5. The summed E-state index contributed by atoms with van der Waals surface area (Å²) in [5.74, 6) is -0.995. The quantitative estimate of drug-likeness (QED) is 0.0264. The summed E-state index contributed by atoms with van der Waals surface area (Å²) < 4.78 is 16.6. The molecule has 1 unspecified atom stereocenters. The van der Waals surface area contributed by atoms with Gasteiger partial charge in [-0.3, -0.25) is 14.4 Å². The topological polar surface area (TPSA) is 78.9 Å². The molecule has 0 N–H and O–H groups in total. The van der Waals surface area contributed by atoms with Crippen molar-refractivity contribution in [3.8, 4) is 0 Å². The Balaban J connectivity index is 4.36. The molecule has 0 spiro atoms. The largest absolute Gasteiger partial charge is 0.462 e. The highest BCUT2D eigenvalue weighted by Crippen LogP contribution is 2.15. The lowest BCUT2D eigenvalue weighted by Crippen LogP contribution is -2.30. The van der Waals surface area contributed by atoms with Crippen LogP contribution in [0.25, 0.3) is 0 Å². The molecule has 0 fully saturated rings. The Labute approximate surface area is 357 Å². The molecule has 0 aromatic heterocycles. The molecule has 0 bridgehead atoms. The van der Waals surface area contributed by atoms with E-state index in [4.69, 9.17) is 14.2 Å². The number of hydrogen-bond donors (Lipinski definition) is 0. The summed E-state index contributed by atoms with van der Waals surface area (Å²) in [5, 5.41) is 0. The van der Waals surface area contributed by atoms with Gasteiger partial charge in [0.1, 0.15) is 13.2 Å². The summed E-state index contributed by atoms with van der Waals surface area (Å²) in [6.45, 7) is 6.39. The van der Waals surface area contributed by atoms with Crippen LogP contribution in [0.1, 0.15) is 220 Å². The van der Waals surface area contributed by atoms with Gasteiger partial charge in [0.2, 0.25) is 0 Å². The second kappa shape index (κ2) is 46.5. The van der Waals surface area contributed by atoms with Gasteiger partial charge < -0.3 is 14.2 Å². The zero-order valence-electron chi connectivity index (χ0n) is 37.8. The summed E-state index contributed by atoms with van der Waals surface area (Å²) in [5.41, 5.74) is 0. The molecule has 0 radical (unpaired) electrons. The van der Waals surface area contributed by atoms with E-state index in [0.29, 0.717) is 19.3 Å². The number of hydrogen-bond acceptors (Lipinski definition) is 6. The summed E-state index contributed by atoms with van der Waals surface area (Å²) in [6.07, 6.45) is 57.8. The first kappa shape index (κ1) is 54.9. The molecule has 6 nitrogen and oxygen atoms in total. The first-order valence-corrected chi connectivity index (χ1v) is 23.9. The van der Waals surface area contributed by atoms with Crippen LogP contribution in [0, 0.1) is 0 Å². The van der Waals surface area contributed by atoms with Crippen LogP contribution in [0.5, 0.6) is 0 Å². The van der Waals surface area contributed by atoms with Crippen molar-refractivity contribution in [3.05, 3.63) is 72.9 Å². The fourth-order valence-corrected chi connectivity index (χ4v) is 6.41. The van der Waals surface area contributed by atoms with Gasteiger partial charge in [-0.1, -0.05) is 216 Å². The Kier molecular flexibility index (Phi) is 44.0. The zero-order valence-corrected chi connectivity index (χ0v) is 37.8. The molecular weight excluding hydrogens is 721 g/mol. The minimum absolute atomic E-state index is 0.0975. The van der Waals surface area contributed by atoms with Crippen molar-refractivity contribution in [1.29, 1.82) is 0 Å². The fourth-order valence-electron chi connectivity index (χ4n) is 6.41. The highest BCUT2D eigenvalue weighted by molar-refractivity contribution is 5.71. The minimum atomic E-state index is -0.799. The lowest BCUT2D eigenvalue weighted by Gasteiger charge is -2.18. The van der Waals surface area contributed by atoms with Gasteiger partial charge in [-0.2, -0.15) is 0 Å². The molecular formula is C52H88O6. The van der Waals surface area contributed by atoms with Crippen LogP contribution in [0.15, 0.2) is 72.9 Å². The van der Waals surface area contributed by atoms with Crippen LogP contribution in [0.4, 0.5) is 0 Å². The summed E-state index contributed by atoms with van der Waals surface area (Å²) in [6, 6.07) is 0. The number of esters is 3. The third-order valence-corrected chi connectivity index (χ3v) is 9.99. The summed E-state index contributed by atoms with van der Waals surface area (Å²) in [7, 11) is 0. The van der Waals surface area contributed by atoms with Gasteiger partial charge in [0, 0.05) is 19.3 Å². The predicted octanol–water partition coefficient (Wildman–Crippen LogP) is 15.5. The summed E-state index contributed by atoms with van der Waals surface area (Å²) in [4.78, 5) is 37.6. The highest BCUT2D eigenvalue weighted by atomic mass is 16.6. The molecule has 0 heterocycles. The second-order valence-electron chi connectivity index (χ2n) is 15.6. The van der Waals surface area contributed by atoms with Crippen LogP contribution in [-0.2, 0) is 28.6 Å². The zero-order chi connectivity index (χ0) is 42.3. The molecule has 0 amide bonds. The van der Waals surface area contributed by atoms with E-state index in [1.807, 2.05) is 12.2 Å². The van der Waals surface area contributed by atoms with Crippen LogP contribution in [0.2, 0.25) is 0 Å². The molecule has 0 aromatic carbocycles. The molecule has 0 aliphatic carbocycles. The first-order valence-electron chi connectivity index (χ1n) is 23.9. The van der Waals surface area contributed by atoms with Crippen molar-refractivity contribution in [2.45, 2.75) is 226 Å². The predicted molar refractivity (Wildman–Crippen MR) is 247 cm³/mol. The normalized spacial score (nSPS) is 12.7. The minimum Gasteiger partial charge on any atom is -0.462 e. The Morgan fingerprint density at radius 2 is 0.672 bits per heavy atom. The Morgan fingerprint density at radius 1 is 0.362 bits per heavy atom. The number of carbonyl (C=O) groups is 3. The third kappa shape index (κ3) is 44.0. The van der Waals surface area contributed by atoms with Crippen LogP contribution < -0.4 is 0 Å². The van der Waals surface area contributed by atoms with Crippen molar-refractivity contribution in [1.82, 2.24) is 0 Å². The van der Waals surface area contributed by atoms with E-state index in [1.54, 1.807) is 0 Å². The van der Waals surface area contributed by atoms with Gasteiger partial charge in [-0.15, -0.1) is 0 Å². The maximum atomic E-state index is 12.7. The smallest absolute Gasteiger partial charge is 0.306 e. The van der Waals surface area contributed by atoms with Gasteiger partial charge in [0.05, 0.1) is 0 Å². The van der Waals surface area contributed by atoms with E-state index in [0.717, 1.165) is 77.0 Å². The average Bonchev–Trinajstić information content (AvgIpc) is 3.22.